The minimum Gasteiger partial charge on any atom is -0.296 e. The summed E-state index contributed by atoms with van der Waals surface area (Å²) in [6.07, 6.45) is -2.24. The van der Waals surface area contributed by atoms with Crippen LogP contribution in [0.2, 0.25) is 0 Å². The minimum atomic E-state index is -4.40. The summed E-state index contributed by atoms with van der Waals surface area (Å²) in [7, 11) is 0. The fourth-order valence-corrected chi connectivity index (χ4v) is 2.34. The summed E-state index contributed by atoms with van der Waals surface area (Å²) < 4.78 is 38.3. The summed E-state index contributed by atoms with van der Waals surface area (Å²) in [6, 6.07) is 12.1. The highest BCUT2D eigenvalue weighted by Crippen LogP contribution is 2.36. The predicted molar refractivity (Wildman–Crippen MR) is 78.9 cm³/mol. The van der Waals surface area contributed by atoms with E-state index in [0.29, 0.717) is 23.1 Å². The van der Waals surface area contributed by atoms with Gasteiger partial charge in [0.2, 0.25) is 0 Å². The van der Waals surface area contributed by atoms with Crippen LogP contribution in [0.4, 0.5) is 18.9 Å². The van der Waals surface area contributed by atoms with Crippen LogP contribution in [0.25, 0.3) is 11.6 Å². The second-order valence-corrected chi connectivity index (χ2v) is 4.81. The highest BCUT2D eigenvalue weighted by atomic mass is 19.4. The first kappa shape index (κ1) is 14.3. The van der Waals surface area contributed by atoms with Gasteiger partial charge in [-0.2, -0.15) is 13.2 Å². The molecule has 0 aliphatic carbocycles. The van der Waals surface area contributed by atoms with Gasteiger partial charge in [-0.05, 0) is 29.8 Å². The maximum absolute atomic E-state index is 12.8. The van der Waals surface area contributed by atoms with Crippen LogP contribution in [-0.4, -0.2) is 12.0 Å². The third-order valence-corrected chi connectivity index (χ3v) is 3.35. The predicted octanol–water partition coefficient (Wildman–Crippen LogP) is 4.53. The van der Waals surface area contributed by atoms with Gasteiger partial charge in [0.15, 0.2) is 6.29 Å². The molecule has 110 valence electrons. The summed E-state index contributed by atoms with van der Waals surface area (Å²) in [5.41, 5.74) is 1.78. The summed E-state index contributed by atoms with van der Waals surface area (Å²) in [5.74, 6) is 0. The van der Waals surface area contributed by atoms with Gasteiger partial charge >= 0.3 is 6.18 Å². The lowest BCUT2D eigenvalue weighted by atomic mass is 9.99. The monoisotopic (exact) mass is 301 g/mol. The van der Waals surface area contributed by atoms with E-state index in [9.17, 15) is 18.0 Å². The Morgan fingerprint density at radius 2 is 1.77 bits per heavy atom. The lowest BCUT2D eigenvalue weighted by molar-refractivity contribution is -0.137. The van der Waals surface area contributed by atoms with Gasteiger partial charge in [-0.3, -0.25) is 4.79 Å². The van der Waals surface area contributed by atoms with Crippen molar-refractivity contribution in [3.8, 4) is 0 Å². The Hall–Kier alpha value is -2.69. The summed E-state index contributed by atoms with van der Waals surface area (Å²) in [4.78, 5) is 15.3. The molecule has 2 aromatic rings. The number of nitrogens with zero attached hydrogens (tertiary/aromatic N) is 1. The largest absolute Gasteiger partial charge is 0.416 e. The van der Waals surface area contributed by atoms with Crippen LogP contribution < -0.4 is 0 Å². The number of rotatable bonds is 2. The summed E-state index contributed by atoms with van der Waals surface area (Å²) >= 11 is 0. The van der Waals surface area contributed by atoms with Crippen molar-refractivity contribution in [2.75, 3.05) is 0 Å². The van der Waals surface area contributed by atoms with Crippen LogP contribution in [0.3, 0.4) is 0 Å². The highest BCUT2D eigenvalue weighted by Gasteiger charge is 2.30. The first-order valence-electron chi connectivity index (χ1n) is 6.51. The van der Waals surface area contributed by atoms with Crippen molar-refractivity contribution in [3.63, 3.8) is 0 Å². The van der Waals surface area contributed by atoms with Gasteiger partial charge in [0.05, 0.1) is 11.3 Å². The molecule has 0 N–H and O–H groups in total. The molecule has 2 aromatic carbocycles. The van der Waals surface area contributed by atoms with Crippen molar-refractivity contribution < 1.29 is 18.0 Å². The number of aliphatic imine (C=N–C) groups is 1. The molecule has 5 heteroatoms. The van der Waals surface area contributed by atoms with E-state index in [1.165, 1.54) is 6.07 Å². The second kappa shape index (κ2) is 5.26. The molecule has 2 nitrogen and oxygen atoms in total. The molecular formula is C17H10F3NO. The van der Waals surface area contributed by atoms with Crippen LogP contribution >= 0.6 is 0 Å². The lowest BCUT2D eigenvalue weighted by Crippen LogP contribution is -2.04. The lowest BCUT2D eigenvalue weighted by Gasteiger charge is -2.07. The standard InChI is InChI=1S/C17H10F3NO/c18-17(19,20)12-5-3-4-11(8-12)9-14-13-6-1-2-7-15(13)21-16(14)10-22/h1-10H/b14-9+. The van der Waals surface area contributed by atoms with Crippen molar-refractivity contribution in [1.82, 2.24) is 0 Å². The summed E-state index contributed by atoms with van der Waals surface area (Å²) in [6.45, 7) is 0. The molecule has 1 heterocycles. The van der Waals surface area contributed by atoms with Crippen molar-refractivity contribution in [2.45, 2.75) is 6.18 Å². The molecule has 1 aliphatic rings. The number of alkyl halides is 3. The third-order valence-electron chi connectivity index (χ3n) is 3.35. The normalized spacial score (nSPS) is 15.6. The Balaban J connectivity index is 2.09. The van der Waals surface area contributed by atoms with Crippen LogP contribution in [0.5, 0.6) is 0 Å². The van der Waals surface area contributed by atoms with E-state index in [1.807, 2.05) is 0 Å². The van der Waals surface area contributed by atoms with Crippen LogP contribution in [-0.2, 0) is 11.0 Å². The van der Waals surface area contributed by atoms with E-state index < -0.39 is 11.7 Å². The zero-order valence-electron chi connectivity index (χ0n) is 11.3. The first-order chi connectivity index (χ1) is 10.5. The molecule has 0 saturated carbocycles. The van der Waals surface area contributed by atoms with E-state index in [1.54, 1.807) is 36.4 Å². The van der Waals surface area contributed by atoms with E-state index in [4.69, 9.17) is 0 Å². The molecule has 0 unspecified atom stereocenters. The number of fused-ring (bicyclic) bond motifs is 1. The average molecular weight is 301 g/mol. The average Bonchev–Trinajstić information content (AvgIpc) is 2.85. The molecule has 1 aliphatic heterocycles. The number of allylic oxidation sites excluding steroid dienone is 1. The maximum atomic E-state index is 12.8. The summed E-state index contributed by atoms with van der Waals surface area (Å²) in [5, 5.41) is 0. The van der Waals surface area contributed by atoms with Gasteiger partial charge in [0.25, 0.3) is 0 Å². The quantitative estimate of drug-likeness (QED) is 0.749. The number of hydrogen-bond acceptors (Lipinski definition) is 2. The van der Waals surface area contributed by atoms with Gasteiger partial charge in [-0.15, -0.1) is 0 Å². The Bertz CT molecular complexity index is 804. The molecule has 0 aromatic heterocycles. The van der Waals surface area contributed by atoms with E-state index >= 15 is 0 Å². The molecule has 3 rings (SSSR count). The SMILES string of the molecule is O=CC1=Nc2ccccc2/C1=C\c1cccc(C(F)(F)F)c1. The van der Waals surface area contributed by atoms with Crippen molar-refractivity contribution in [2.24, 2.45) is 4.99 Å². The Labute approximate surface area is 124 Å². The zero-order valence-corrected chi connectivity index (χ0v) is 11.3. The second-order valence-electron chi connectivity index (χ2n) is 4.81. The number of para-hydroxylation sites is 1. The fraction of sp³-hybridized carbons (Fsp3) is 0.0588. The van der Waals surface area contributed by atoms with Crippen molar-refractivity contribution >= 4 is 29.3 Å². The van der Waals surface area contributed by atoms with E-state index in [0.717, 1.165) is 17.7 Å². The molecule has 22 heavy (non-hydrogen) atoms. The molecule has 0 fully saturated rings. The minimum absolute atomic E-state index is 0.221. The van der Waals surface area contributed by atoms with E-state index in [2.05, 4.69) is 4.99 Å². The smallest absolute Gasteiger partial charge is 0.296 e. The Morgan fingerprint density at radius 1 is 1.00 bits per heavy atom. The topological polar surface area (TPSA) is 29.4 Å². The highest BCUT2D eigenvalue weighted by molar-refractivity contribution is 6.53. The molecule has 0 saturated heterocycles. The maximum Gasteiger partial charge on any atom is 0.416 e. The van der Waals surface area contributed by atoms with Crippen LogP contribution in [0.1, 0.15) is 16.7 Å². The molecule has 0 bridgehead atoms. The fourth-order valence-electron chi connectivity index (χ4n) is 2.34. The zero-order chi connectivity index (χ0) is 15.7. The number of aldehydes is 1. The number of carbonyl (C=O) groups excluding carboxylic acids is 1. The first-order valence-corrected chi connectivity index (χ1v) is 6.51. The van der Waals surface area contributed by atoms with Gasteiger partial charge in [0, 0.05) is 11.1 Å². The van der Waals surface area contributed by atoms with Gasteiger partial charge < -0.3 is 0 Å². The molecular weight excluding hydrogens is 291 g/mol. The number of hydrogen-bond donors (Lipinski definition) is 0. The Morgan fingerprint density at radius 3 is 2.50 bits per heavy atom. The molecule has 0 spiro atoms. The van der Waals surface area contributed by atoms with Gasteiger partial charge in [-0.25, -0.2) is 4.99 Å². The van der Waals surface area contributed by atoms with Crippen molar-refractivity contribution in [1.29, 1.82) is 0 Å². The van der Waals surface area contributed by atoms with Gasteiger partial charge in [0.1, 0.15) is 5.71 Å². The number of carbonyl (C=O) groups is 1. The number of benzene rings is 2. The van der Waals surface area contributed by atoms with Crippen LogP contribution in [0, 0.1) is 0 Å². The molecule has 0 atom stereocenters. The van der Waals surface area contributed by atoms with Gasteiger partial charge in [-0.1, -0.05) is 30.3 Å². The Kier molecular flexibility index (Phi) is 3.41. The third kappa shape index (κ3) is 2.57. The molecule has 0 amide bonds. The van der Waals surface area contributed by atoms with Crippen LogP contribution in [0.15, 0.2) is 53.5 Å². The number of halogens is 3. The molecule has 0 radical (unpaired) electrons. The van der Waals surface area contributed by atoms with E-state index in [-0.39, 0.29) is 5.71 Å². The van der Waals surface area contributed by atoms with Crippen molar-refractivity contribution in [3.05, 3.63) is 65.2 Å².